The monoisotopic (exact) mass is 440 g/mol. The van der Waals surface area contributed by atoms with Gasteiger partial charge in [-0.2, -0.15) is 0 Å². The molecule has 1 heterocycles. The molecule has 24 heavy (non-hydrogen) atoms. The van der Waals surface area contributed by atoms with Gasteiger partial charge in [-0.3, -0.25) is 4.98 Å². The molecule has 0 fully saturated rings. The van der Waals surface area contributed by atoms with E-state index < -0.39 is 6.10 Å². The highest BCUT2D eigenvalue weighted by atomic mass is 127. The van der Waals surface area contributed by atoms with Crippen LogP contribution in [-0.2, 0) is 13.0 Å². The zero-order chi connectivity index (χ0) is 16.3. The Morgan fingerprint density at radius 2 is 1.88 bits per heavy atom. The van der Waals surface area contributed by atoms with E-state index in [1.54, 1.807) is 13.1 Å². The van der Waals surface area contributed by atoms with E-state index in [0.717, 1.165) is 24.2 Å². The maximum atomic E-state index is 9.43. The van der Waals surface area contributed by atoms with Crippen molar-refractivity contribution in [3.8, 4) is 0 Å². The molecule has 0 aliphatic carbocycles. The molecular formula is C18H25IN4O. The number of benzene rings is 1. The second-order valence-electron chi connectivity index (χ2n) is 5.38. The summed E-state index contributed by atoms with van der Waals surface area (Å²) in [7, 11) is 0. The zero-order valence-electron chi connectivity index (χ0n) is 13.9. The van der Waals surface area contributed by atoms with Crippen LogP contribution in [0.25, 0.3) is 0 Å². The van der Waals surface area contributed by atoms with Crippen LogP contribution in [-0.4, -0.2) is 35.2 Å². The molecule has 1 unspecified atom stereocenters. The van der Waals surface area contributed by atoms with Crippen molar-refractivity contribution in [1.82, 2.24) is 15.6 Å². The average Bonchev–Trinajstić information content (AvgIpc) is 2.58. The van der Waals surface area contributed by atoms with E-state index in [1.807, 2.05) is 48.5 Å². The average molecular weight is 440 g/mol. The van der Waals surface area contributed by atoms with Crippen LogP contribution in [0.3, 0.4) is 0 Å². The van der Waals surface area contributed by atoms with Crippen LogP contribution < -0.4 is 10.6 Å². The Morgan fingerprint density at radius 1 is 1.12 bits per heavy atom. The molecule has 5 nitrogen and oxygen atoms in total. The minimum Gasteiger partial charge on any atom is -0.392 e. The molecule has 2 aromatic rings. The normalized spacial score (nSPS) is 12.2. The van der Waals surface area contributed by atoms with Crippen molar-refractivity contribution in [2.75, 3.05) is 13.1 Å². The van der Waals surface area contributed by atoms with Crippen molar-refractivity contribution in [3.05, 3.63) is 66.0 Å². The Bertz CT molecular complexity index is 590. The number of aromatic nitrogens is 1. The number of aliphatic imine (C=N–C) groups is 1. The molecule has 0 bridgehead atoms. The standard InChI is InChI=1S/C18H24N4O.HI/c1-15(23)13-21-18(22-14-16-7-3-2-4-8-16)20-12-10-17-9-5-6-11-19-17;/h2-9,11,15,23H,10,12-14H2,1H3,(H2,20,21,22);1H. The first-order chi connectivity index (χ1) is 11.2. The largest absolute Gasteiger partial charge is 0.392 e. The molecule has 0 saturated heterocycles. The summed E-state index contributed by atoms with van der Waals surface area (Å²) in [6, 6.07) is 16.0. The molecule has 1 atom stereocenters. The van der Waals surface area contributed by atoms with Gasteiger partial charge in [-0.15, -0.1) is 24.0 Å². The predicted octanol–water partition coefficient (Wildman–Crippen LogP) is 2.36. The van der Waals surface area contributed by atoms with Crippen LogP contribution in [0.2, 0.25) is 0 Å². The number of nitrogens with one attached hydrogen (secondary N) is 2. The summed E-state index contributed by atoms with van der Waals surface area (Å²) < 4.78 is 0. The lowest BCUT2D eigenvalue weighted by Crippen LogP contribution is -2.41. The van der Waals surface area contributed by atoms with Crippen LogP contribution in [0.4, 0.5) is 0 Å². The Labute approximate surface area is 160 Å². The quantitative estimate of drug-likeness (QED) is 0.351. The highest BCUT2D eigenvalue weighted by molar-refractivity contribution is 14.0. The first-order valence-corrected chi connectivity index (χ1v) is 7.88. The van der Waals surface area contributed by atoms with Gasteiger partial charge in [0.15, 0.2) is 5.96 Å². The number of hydrogen-bond acceptors (Lipinski definition) is 3. The molecule has 1 aromatic carbocycles. The van der Waals surface area contributed by atoms with Gasteiger partial charge < -0.3 is 15.7 Å². The van der Waals surface area contributed by atoms with Crippen molar-refractivity contribution in [2.45, 2.75) is 26.0 Å². The van der Waals surface area contributed by atoms with E-state index in [2.05, 4.69) is 20.6 Å². The van der Waals surface area contributed by atoms with Gasteiger partial charge in [0.2, 0.25) is 0 Å². The number of aliphatic hydroxyl groups is 1. The van der Waals surface area contributed by atoms with Gasteiger partial charge in [-0.1, -0.05) is 36.4 Å². The van der Waals surface area contributed by atoms with Gasteiger partial charge >= 0.3 is 0 Å². The lowest BCUT2D eigenvalue weighted by Gasteiger charge is -2.13. The third kappa shape index (κ3) is 8.26. The molecule has 6 heteroatoms. The van der Waals surface area contributed by atoms with Gasteiger partial charge in [-0.05, 0) is 24.6 Å². The molecule has 0 radical (unpaired) electrons. The summed E-state index contributed by atoms with van der Waals surface area (Å²) in [6.45, 7) is 3.54. The number of rotatable bonds is 7. The molecule has 3 N–H and O–H groups in total. The van der Waals surface area contributed by atoms with Gasteiger partial charge in [0.1, 0.15) is 0 Å². The van der Waals surface area contributed by atoms with Gasteiger partial charge in [0.25, 0.3) is 0 Å². The Balaban J connectivity index is 0.00000288. The lowest BCUT2D eigenvalue weighted by molar-refractivity contribution is 0.197. The molecule has 0 aliphatic rings. The Kier molecular flexibility index (Phi) is 10.0. The molecular weight excluding hydrogens is 415 g/mol. The molecule has 0 amide bonds. The summed E-state index contributed by atoms with van der Waals surface area (Å²) in [4.78, 5) is 8.86. The van der Waals surface area contributed by atoms with E-state index in [1.165, 1.54) is 0 Å². The maximum absolute atomic E-state index is 9.43. The van der Waals surface area contributed by atoms with Crippen LogP contribution in [0.15, 0.2) is 59.7 Å². The predicted molar refractivity (Wildman–Crippen MR) is 109 cm³/mol. The van der Waals surface area contributed by atoms with Crippen LogP contribution >= 0.6 is 24.0 Å². The number of halogens is 1. The highest BCUT2D eigenvalue weighted by Gasteiger charge is 2.02. The van der Waals surface area contributed by atoms with E-state index in [4.69, 9.17) is 0 Å². The topological polar surface area (TPSA) is 69.5 Å². The Hall–Kier alpha value is -1.67. The first-order valence-electron chi connectivity index (χ1n) is 7.88. The number of aliphatic hydroxyl groups excluding tert-OH is 1. The number of nitrogens with zero attached hydrogens (tertiary/aromatic N) is 2. The van der Waals surface area contributed by atoms with Crippen LogP contribution in [0.1, 0.15) is 18.2 Å². The van der Waals surface area contributed by atoms with Gasteiger partial charge in [-0.25, -0.2) is 4.99 Å². The minimum absolute atomic E-state index is 0. The number of pyridine rings is 1. The molecule has 130 valence electrons. The minimum atomic E-state index is -0.422. The lowest BCUT2D eigenvalue weighted by atomic mass is 10.2. The van der Waals surface area contributed by atoms with E-state index >= 15 is 0 Å². The van der Waals surface area contributed by atoms with Crippen molar-refractivity contribution in [2.24, 2.45) is 4.99 Å². The number of guanidine groups is 1. The molecule has 1 aromatic heterocycles. The fourth-order valence-corrected chi connectivity index (χ4v) is 2.03. The molecule has 2 rings (SSSR count). The smallest absolute Gasteiger partial charge is 0.191 e. The van der Waals surface area contributed by atoms with E-state index in [0.29, 0.717) is 19.0 Å². The summed E-state index contributed by atoms with van der Waals surface area (Å²) in [5.41, 5.74) is 2.19. The van der Waals surface area contributed by atoms with Gasteiger partial charge in [0, 0.05) is 31.4 Å². The summed E-state index contributed by atoms with van der Waals surface area (Å²) in [6.07, 6.45) is 2.20. The summed E-state index contributed by atoms with van der Waals surface area (Å²) in [5, 5.41) is 15.9. The first kappa shape index (κ1) is 20.4. The third-order valence-electron chi connectivity index (χ3n) is 3.23. The van der Waals surface area contributed by atoms with Gasteiger partial charge in [0.05, 0.1) is 12.6 Å². The van der Waals surface area contributed by atoms with Crippen molar-refractivity contribution in [3.63, 3.8) is 0 Å². The Morgan fingerprint density at radius 3 is 2.54 bits per heavy atom. The van der Waals surface area contributed by atoms with Crippen molar-refractivity contribution < 1.29 is 5.11 Å². The van der Waals surface area contributed by atoms with E-state index in [9.17, 15) is 5.11 Å². The van der Waals surface area contributed by atoms with Crippen LogP contribution in [0, 0.1) is 0 Å². The molecule has 0 saturated carbocycles. The second kappa shape index (κ2) is 11.8. The highest BCUT2D eigenvalue weighted by Crippen LogP contribution is 2.00. The SMILES string of the molecule is CC(O)CNC(=NCc1ccccc1)NCCc1ccccn1.I. The summed E-state index contributed by atoms with van der Waals surface area (Å²) in [5.74, 6) is 0.700. The van der Waals surface area contributed by atoms with Crippen molar-refractivity contribution >= 4 is 29.9 Å². The summed E-state index contributed by atoms with van der Waals surface area (Å²) >= 11 is 0. The number of hydrogen-bond donors (Lipinski definition) is 3. The fourth-order valence-electron chi connectivity index (χ4n) is 2.03. The van der Waals surface area contributed by atoms with Crippen molar-refractivity contribution in [1.29, 1.82) is 0 Å². The molecule has 0 spiro atoms. The van der Waals surface area contributed by atoms with Crippen LogP contribution in [0.5, 0.6) is 0 Å². The second-order valence-corrected chi connectivity index (χ2v) is 5.38. The van der Waals surface area contributed by atoms with E-state index in [-0.39, 0.29) is 24.0 Å². The molecule has 0 aliphatic heterocycles. The third-order valence-corrected chi connectivity index (χ3v) is 3.23. The zero-order valence-corrected chi connectivity index (χ0v) is 16.2. The maximum Gasteiger partial charge on any atom is 0.191 e. The fraction of sp³-hybridized carbons (Fsp3) is 0.333.